The number of hydrogen-bond donors (Lipinski definition) is 0. The van der Waals surface area contributed by atoms with Gasteiger partial charge in [-0.15, -0.1) is 0 Å². The van der Waals surface area contributed by atoms with Crippen LogP contribution in [0.25, 0.3) is 28.2 Å². The molecular weight excluding hydrogens is 288 g/mol. The van der Waals surface area contributed by atoms with Crippen LogP contribution in [0.1, 0.15) is 0 Å². The summed E-state index contributed by atoms with van der Waals surface area (Å²) in [6, 6.07) is 16.3. The van der Waals surface area contributed by atoms with E-state index in [1.54, 1.807) is 11.0 Å². The predicted octanol–water partition coefficient (Wildman–Crippen LogP) is 2.79. The molecule has 4 rings (SSSR count). The third-order valence-electron chi connectivity index (χ3n) is 3.50. The number of rotatable bonds is 3. The van der Waals surface area contributed by atoms with Crippen molar-refractivity contribution in [2.24, 2.45) is 0 Å². The molecule has 23 heavy (non-hydrogen) atoms. The van der Waals surface area contributed by atoms with Crippen LogP contribution in [0.5, 0.6) is 0 Å². The van der Waals surface area contributed by atoms with Crippen molar-refractivity contribution in [3.05, 3.63) is 73.8 Å². The van der Waals surface area contributed by atoms with E-state index in [1.165, 1.54) is 19.0 Å². The lowest BCUT2D eigenvalue weighted by molar-refractivity contribution is 0.878. The van der Waals surface area contributed by atoms with Crippen molar-refractivity contribution in [3.8, 4) is 28.2 Å². The van der Waals surface area contributed by atoms with Crippen molar-refractivity contribution >= 4 is 0 Å². The summed E-state index contributed by atoms with van der Waals surface area (Å²) in [5.41, 5.74) is 3.97. The smallest absolute Gasteiger partial charge is 0.164 e. The lowest BCUT2D eigenvalue weighted by atomic mass is 10.0. The van der Waals surface area contributed by atoms with Gasteiger partial charge in [-0.2, -0.15) is 5.10 Å². The minimum absolute atomic E-state index is 0.602. The molecule has 0 unspecified atom stereocenters. The van der Waals surface area contributed by atoms with Gasteiger partial charge in [0.1, 0.15) is 25.3 Å². The van der Waals surface area contributed by atoms with Crippen molar-refractivity contribution in [2.75, 3.05) is 0 Å². The van der Waals surface area contributed by atoms with E-state index in [-0.39, 0.29) is 0 Å². The molecule has 2 aromatic carbocycles. The maximum Gasteiger partial charge on any atom is 0.164 e. The zero-order chi connectivity index (χ0) is 15.5. The topological polar surface area (TPSA) is 69.4 Å². The summed E-state index contributed by atoms with van der Waals surface area (Å²) in [6.07, 6.45) is 6.14. The predicted molar refractivity (Wildman–Crippen MR) is 85.6 cm³/mol. The fourth-order valence-corrected chi connectivity index (χ4v) is 2.43. The van der Waals surface area contributed by atoms with E-state index in [0.717, 1.165) is 22.4 Å². The Kier molecular flexibility index (Phi) is 3.32. The molecule has 110 valence electrons. The molecule has 0 amide bonds. The molecule has 2 heterocycles. The summed E-state index contributed by atoms with van der Waals surface area (Å²) in [5, 5.41) is 4.24. The van der Waals surface area contributed by atoms with E-state index >= 15 is 0 Å². The Balaban J connectivity index is 1.91. The summed E-state index contributed by atoms with van der Waals surface area (Å²) in [5.74, 6) is 0.602. The van der Waals surface area contributed by atoms with Gasteiger partial charge in [0.05, 0.1) is 5.69 Å². The van der Waals surface area contributed by atoms with E-state index in [1.807, 2.05) is 24.3 Å². The first-order chi connectivity index (χ1) is 11.4. The Labute approximate surface area is 132 Å². The number of benzene rings is 2. The monoisotopic (exact) mass is 300 g/mol. The van der Waals surface area contributed by atoms with Gasteiger partial charge in [0.15, 0.2) is 5.82 Å². The fourth-order valence-electron chi connectivity index (χ4n) is 2.43. The van der Waals surface area contributed by atoms with Crippen molar-refractivity contribution < 1.29 is 0 Å². The van der Waals surface area contributed by atoms with E-state index < -0.39 is 0 Å². The molecule has 0 spiro atoms. The highest BCUT2D eigenvalue weighted by Crippen LogP contribution is 2.28. The quantitative estimate of drug-likeness (QED) is 0.582. The zero-order valence-electron chi connectivity index (χ0n) is 12.1. The minimum atomic E-state index is 0.602. The normalized spacial score (nSPS) is 10.6. The van der Waals surface area contributed by atoms with Crippen LogP contribution in [-0.2, 0) is 0 Å². The summed E-state index contributed by atoms with van der Waals surface area (Å²) >= 11 is 0. The lowest BCUT2D eigenvalue weighted by Gasteiger charge is -2.10. The van der Waals surface area contributed by atoms with Crippen molar-refractivity contribution in [2.45, 2.75) is 0 Å². The van der Waals surface area contributed by atoms with Crippen molar-refractivity contribution in [1.82, 2.24) is 29.7 Å². The average Bonchev–Trinajstić information content (AvgIpc) is 3.17. The molecule has 0 atom stereocenters. The van der Waals surface area contributed by atoms with Gasteiger partial charge in [-0.25, -0.2) is 24.6 Å². The van der Waals surface area contributed by atoms with E-state index in [0.29, 0.717) is 5.82 Å². The van der Waals surface area contributed by atoms with Crippen LogP contribution in [-0.4, -0.2) is 29.7 Å². The second kappa shape index (κ2) is 5.76. The Morgan fingerprint density at radius 1 is 0.739 bits per heavy atom. The van der Waals surface area contributed by atoms with E-state index in [4.69, 9.17) is 0 Å². The first-order valence-electron chi connectivity index (χ1n) is 7.09. The largest absolute Gasteiger partial charge is 0.225 e. The Morgan fingerprint density at radius 3 is 2.30 bits per heavy atom. The molecule has 0 bridgehead atoms. The summed E-state index contributed by atoms with van der Waals surface area (Å²) in [4.78, 5) is 16.4. The van der Waals surface area contributed by atoms with Crippen LogP contribution in [0, 0.1) is 0 Å². The number of hydrogen-bond acceptors (Lipinski definition) is 5. The van der Waals surface area contributed by atoms with Gasteiger partial charge in [0.25, 0.3) is 0 Å². The second-order valence-corrected chi connectivity index (χ2v) is 4.90. The van der Waals surface area contributed by atoms with Crippen LogP contribution >= 0.6 is 0 Å². The maximum atomic E-state index is 4.24. The number of aromatic nitrogens is 6. The molecule has 0 radical (unpaired) electrons. The Bertz CT molecular complexity index is 904. The fraction of sp³-hybridized carbons (Fsp3) is 0. The highest BCUT2D eigenvalue weighted by molar-refractivity contribution is 5.75. The van der Waals surface area contributed by atoms with Gasteiger partial charge in [-0.1, -0.05) is 36.4 Å². The van der Waals surface area contributed by atoms with E-state index in [9.17, 15) is 0 Å². The molecule has 6 nitrogen and oxygen atoms in total. The molecular formula is C17H12N6. The van der Waals surface area contributed by atoms with Gasteiger partial charge in [0, 0.05) is 5.56 Å². The molecule has 0 fully saturated rings. The van der Waals surface area contributed by atoms with Crippen molar-refractivity contribution in [3.63, 3.8) is 0 Å². The molecule has 0 saturated carbocycles. The van der Waals surface area contributed by atoms with E-state index in [2.05, 4.69) is 49.3 Å². The highest BCUT2D eigenvalue weighted by atomic mass is 15.3. The summed E-state index contributed by atoms with van der Waals surface area (Å²) < 4.78 is 1.71. The van der Waals surface area contributed by atoms with Gasteiger partial charge >= 0.3 is 0 Å². The van der Waals surface area contributed by atoms with Crippen LogP contribution in [0.4, 0.5) is 0 Å². The molecule has 2 aromatic heterocycles. The lowest BCUT2D eigenvalue weighted by Crippen LogP contribution is -2.00. The second-order valence-electron chi connectivity index (χ2n) is 4.90. The highest BCUT2D eigenvalue weighted by Gasteiger charge is 2.12. The molecule has 4 aromatic rings. The summed E-state index contributed by atoms with van der Waals surface area (Å²) in [7, 11) is 0. The SMILES string of the molecule is c1ccc(-c2ccc(-c3ncncn3)c(-n3cncn3)c2)cc1. The first kappa shape index (κ1) is 13.3. The standard InChI is InChI=1S/C17H12N6/c1-2-4-13(5-3-1)14-6-7-15(17-20-9-18-10-21-17)16(8-14)23-12-19-11-22-23/h1-12H. The molecule has 0 aliphatic heterocycles. The van der Waals surface area contributed by atoms with Gasteiger partial charge in [-0.3, -0.25) is 0 Å². The summed E-state index contributed by atoms with van der Waals surface area (Å²) in [6.45, 7) is 0. The number of nitrogens with zero attached hydrogens (tertiary/aromatic N) is 6. The van der Waals surface area contributed by atoms with Crippen LogP contribution in [0.15, 0.2) is 73.8 Å². The molecule has 0 saturated heterocycles. The van der Waals surface area contributed by atoms with Crippen molar-refractivity contribution in [1.29, 1.82) is 0 Å². The minimum Gasteiger partial charge on any atom is -0.225 e. The van der Waals surface area contributed by atoms with Crippen LogP contribution < -0.4 is 0 Å². The Hall–Kier alpha value is -3.41. The van der Waals surface area contributed by atoms with Gasteiger partial charge < -0.3 is 0 Å². The molecule has 0 aliphatic carbocycles. The van der Waals surface area contributed by atoms with Gasteiger partial charge in [0.2, 0.25) is 0 Å². The molecule has 0 aliphatic rings. The molecule has 0 N–H and O–H groups in total. The maximum absolute atomic E-state index is 4.24. The van der Waals surface area contributed by atoms with Crippen LogP contribution in [0.2, 0.25) is 0 Å². The third-order valence-corrected chi connectivity index (χ3v) is 3.50. The first-order valence-corrected chi connectivity index (χ1v) is 7.09. The third kappa shape index (κ3) is 2.57. The van der Waals surface area contributed by atoms with Gasteiger partial charge in [-0.05, 0) is 23.3 Å². The Morgan fingerprint density at radius 2 is 1.57 bits per heavy atom. The molecule has 6 heteroatoms. The van der Waals surface area contributed by atoms with Crippen LogP contribution in [0.3, 0.4) is 0 Å². The zero-order valence-corrected chi connectivity index (χ0v) is 12.1. The average molecular weight is 300 g/mol.